The van der Waals surface area contributed by atoms with Gasteiger partial charge in [0.25, 0.3) is 0 Å². The molecule has 0 aliphatic heterocycles. The molecular formula is C15H23N3O4. The number of primary amides is 1. The molecule has 3 amide bonds. The number of carbonyl (C=O) groups is 2. The average molecular weight is 309 g/mol. The van der Waals surface area contributed by atoms with Crippen LogP contribution in [0.15, 0.2) is 24.3 Å². The Bertz CT molecular complexity index is 462. The van der Waals surface area contributed by atoms with Crippen LogP contribution < -0.4 is 21.1 Å². The van der Waals surface area contributed by atoms with Gasteiger partial charge < -0.3 is 25.8 Å². The quantitative estimate of drug-likeness (QED) is 0.605. The fraction of sp³-hybridized carbons (Fsp3) is 0.467. The number of benzene rings is 1. The number of urea groups is 1. The summed E-state index contributed by atoms with van der Waals surface area (Å²) in [7, 11) is 1.61. The lowest BCUT2D eigenvalue weighted by molar-refractivity contribution is 0.154. The first-order valence-electron chi connectivity index (χ1n) is 7.18. The molecule has 0 unspecified atom stereocenters. The number of rotatable bonds is 9. The highest BCUT2D eigenvalue weighted by atomic mass is 16.5. The van der Waals surface area contributed by atoms with E-state index in [1.54, 1.807) is 7.11 Å². The Morgan fingerprint density at radius 2 is 1.82 bits per heavy atom. The van der Waals surface area contributed by atoms with Crippen molar-refractivity contribution in [2.24, 2.45) is 5.73 Å². The van der Waals surface area contributed by atoms with E-state index in [9.17, 15) is 9.59 Å². The standard InChI is InChI=1S/C15H23N3O4/c1-21-13-7-5-12(6-8-13)11-18-15(20)17-9-3-2-4-10-22-14(16)19/h5-8H,2-4,9-11H2,1H3,(H2,16,19)(H2,17,18,20). The first-order valence-corrected chi connectivity index (χ1v) is 7.18. The minimum absolute atomic E-state index is 0.204. The highest BCUT2D eigenvalue weighted by Crippen LogP contribution is 2.10. The smallest absolute Gasteiger partial charge is 0.404 e. The third-order valence-corrected chi connectivity index (χ3v) is 2.96. The van der Waals surface area contributed by atoms with E-state index >= 15 is 0 Å². The number of hydrogen-bond acceptors (Lipinski definition) is 4. The van der Waals surface area contributed by atoms with Gasteiger partial charge in [-0.3, -0.25) is 0 Å². The molecule has 1 rings (SSSR count). The van der Waals surface area contributed by atoms with Gasteiger partial charge in [0, 0.05) is 13.1 Å². The number of carbonyl (C=O) groups excluding carboxylic acids is 2. The molecule has 122 valence electrons. The van der Waals surface area contributed by atoms with Crippen LogP contribution in [0.5, 0.6) is 5.75 Å². The van der Waals surface area contributed by atoms with Crippen molar-refractivity contribution in [3.05, 3.63) is 29.8 Å². The Labute approximate surface area is 130 Å². The van der Waals surface area contributed by atoms with Gasteiger partial charge in [-0.2, -0.15) is 0 Å². The van der Waals surface area contributed by atoms with Crippen molar-refractivity contribution in [3.63, 3.8) is 0 Å². The van der Waals surface area contributed by atoms with Crippen LogP contribution in [0, 0.1) is 0 Å². The van der Waals surface area contributed by atoms with Gasteiger partial charge in [-0.15, -0.1) is 0 Å². The lowest BCUT2D eigenvalue weighted by atomic mass is 10.2. The summed E-state index contributed by atoms with van der Waals surface area (Å²) < 4.78 is 9.67. The first-order chi connectivity index (χ1) is 10.6. The molecule has 4 N–H and O–H groups in total. The van der Waals surface area contributed by atoms with Crippen molar-refractivity contribution in [1.82, 2.24) is 10.6 Å². The Kier molecular flexibility index (Phi) is 8.25. The number of nitrogens with one attached hydrogen (secondary N) is 2. The van der Waals surface area contributed by atoms with Crippen LogP contribution in [-0.2, 0) is 11.3 Å². The molecule has 0 saturated carbocycles. The zero-order valence-electron chi connectivity index (χ0n) is 12.8. The van der Waals surface area contributed by atoms with E-state index in [0.717, 1.165) is 30.6 Å². The minimum Gasteiger partial charge on any atom is -0.497 e. The number of methoxy groups -OCH3 is 1. The molecule has 22 heavy (non-hydrogen) atoms. The molecule has 0 spiro atoms. The monoisotopic (exact) mass is 309 g/mol. The van der Waals surface area contributed by atoms with Crippen molar-refractivity contribution in [2.45, 2.75) is 25.8 Å². The van der Waals surface area contributed by atoms with Crippen molar-refractivity contribution in [3.8, 4) is 5.75 Å². The Hall–Kier alpha value is -2.44. The Balaban J connectivity index is 2.04. The Morgan fingerprint density at radius 1 is 1.09 bits per heavy atom. The predicted molar refractivity (Wildman–Crippen MR) is 82.6 cm³/mol. The second-order valence-electron chi connectivity index (χ2n) is 4.69. The molecule has 7 heteroatoms. The van der Waals surface area contributed by atoms with Crippen LogP contribution in [0.1, 0.15) is 24.8 Å². The number of hydrogen-bond donors (Lipinski definition) is 3. The van der Waals surface area contributed by atoms with Crippen LogP contribution in [-0.4, -0.2) is 32.4 Å². The molecule has 0 aliphatic carbocycles. The number of nitrogens with two attached hydrogens (primary N) is 1. The summed E-state index contributed by atoms with van der Waals surface area (Å²) in [6.07, 6.45) is 1.65. The number of unbranched alkanes of at least 4 members (excludes halogenated alkanes) is 2. The highest BCUT2D eigenvalue weighted by molar-refractivity contribution is 5.73. The van der Waals surface area contributed by atoms with Crippen LogP contribution in [0.2, 0.25) is 0 Å². The fourth-order valence-electron chi connectivity index (χ4n) is 1.77. The average Bonchev–Trinajstić information content (AvgIpc) is 2.52. The predicted octanol–water partition coefficient (Wildman–Crippen LogP) is 1.76. The molecule has 0 aromatic heterocycles. The van der Waals surface area contributed by atoms with Crippen LogP contribution >= 0.6 is 0 Å². The molecule has 0 saturated heterocycles. The lowest BCUT2D eigenvalue weighted by Gasteiger charge is -2.08. The van der Waals surface area contributed by atoms with E-state index in [1.165, 1.54) is 0 Å². The number of ether oxygens (including phenoxy) is 2. The molecule has 7 nitrogen and oxygen atoms in total. The van der Waals surface area contributed by atoms with Gasteiger partial charge in [0.15, 0.2) is 0 Å². The summed E-state index contributed by atoms with van der Waals surface area (Å²) in [5.74, 6) is 0.786. The van der Waals surface area contributed by atoms with Gasteiger partial charge in [-0.25, -0.2) is 9.59 Å². The number of amides is 3. The van der Waals surface area contributed by atoms with Gasteiger partial charge in [0.05, 0.1) is 13.7 Å². The van der Waals surface area contributed by atoms with Gasteiger partial charge in [0.2, 0.25) is 0 Å². The zero-order chi connectivity index (χ0) is 16.2. The van der Waals surface area contributed by atoms with Gasteiger partial charge in [-0.05, 0) is 37.0 Å². The lowest BCUT2D eigenvalue weighted by Crippen LogP contribution is -2.35. The largest absolute Gasteiger partial charge is 0.497 e. The summed E-state index contributed by atoms with van der Waals surface area (Å²) in [6, 6.07) is 7.30. The maximum Gasteiger partial charge on any atom is 0.404 e. The van der Waals surface area contributed by atoms with E-state index in [4.69, 9.17) is 10.5 Å². The van der Waals surface area contributed by atoms with E-state index in [0.29, 0.717) is 19.7 Å². The van der Waals surface area contributed by atoms with Crippen LogP contribution in [0.25, 0.3) is 0 Å². The third-order valence-electron chi connectivity index (χ3n) is 2.96. The summed E-state index contributed by atoms with van der Waals surface area (Å²) in [4.78, 5) is 21.9. The van der Waals surface area contributed by atoms with Crippen molar-refractivity contribution in [2.75, 3.05) is 20.3 Å². The summed E-state index contributed by atoms with van der Waals surface area (Å²) in [5.41, 5.74) is 5.84. The zero-order valence-corrected chi connectivity index (χ0v) is 12.8. The highest BCUT2D eigenvalue weighted by Gasteiger charge is 2.00. The summed E-state index contributed by atoms with van der Waals surface area (Å²) >= 11 is 0. The fourth-order valence-corrected chi connectivity index (χ4v) is 1.77. The third kappa shape index (κ3) is 7.98. The molecule has 0 radical (unpaired) electrons. The van der Waals surface area contributed by atoms with Crippen LogP contribution in [0.4, 0.5) is 9.59 Å². The van der Waals surface area contributed by atoms with Gasteiger partial charge in [0.1, 0.15) is 5.75 Å². The van der Waals surface area contributed by atoms with E-state index in [-0.39, 0.29) is 6.03 Å². The van der Waals surface area contributed by atoms with E-state index in [1.807, 2.05) is 24.3 Å². The molecule has 0 atom stereocenters. The van der Waals surface area contributed by atoms with Crippen molar-refractivity contribution < 1.29 is 19.1 Å². The van der Waals surface area contributed by atoms with Gasteiger partial charge in [-0.1, -0.05) is 12.1 Å². The maximum absolute atomic E-state index is 11.6. The molecule has 0 bridgehead atoms. The van der Waals surface area contributed by atoms with E-state index in [2.05, 4.69) is 15.4 Å². The van der Waals surface area contributed by atoms with E-state index < -0.39 is 6.09 Å². The SMILES string of the molecule is COc1ccc(CNC(=O)NCCCCCOC(N)=O)cc1. The summed E-state index contributed by atoms with van der Waals surface area (Å²) in [6.45, 7) is 1.35. The molecular weight excluding hydrogens is 286 g/mol. The second-order valence-corrected chi connectivity index (χ2v) is 4.69. The molecule has 0 fully saturated rings. The first kappa shape index (κ1) is 17.6. The van der Waals surface area contributed by atoms with Crippen molar-refractivity contribution in [1.29, 1.82) is 0 Å². The molecule has 1 aromatic carbocycles. The van der Waals surface area contributed by atoms with Crippen molar-refractivity contribution >= 4 is 12.1 Å². The maximum atomic E-state index is 11.6. The minimum atomic E-state index is -0.754. The Morgan fingerprint density at radius 3 is 2.45 bits per heavy atom. The second kappa shape index (κ2) is 10.3. The summed E-state index contributed by atoms with van der Waals surface area (Å²) in [5, 5.41) is 5.54. The molecule has 1 aromatic rings. The molecule has 0 aliphatic rings. The van der Waals surface area contributed by atoms with Crippen LogP contribution in [0.3, 0.4) is 0 Å². The van der Waals surface area contributed by atoms with Gasteiger partial charge >= 0.3 is 12.1 Å². The topological polar surface area (TPSA) is 103 Å². The molecule has 0 heterocycles. The normalized spacial score (nSPS) is 9.86.